The minimum atomic E-state index is 1.15. The van der Waals surface area contributed by atoms with Crippen LogP contribution in [-0.4, -0.2) is 4.57 Å². The molecule has 43 heavy (non-hydrogen) atoms. The number of nitrogens with zero attached hydrogens (tertiary/aromatic N) is 2. The van der Waals surface area contributed by atoms with E-state index >= 15 is 0 Å². The number of fused-ring (bicyclic) bond motifs is 7. The molecule has 0 saturated carbocycles. The summed E-state index contributed by atoms with van der Waals surface area (Å²) in [7, 11) is 0. The molecule has 0 amide bonds. The number of rotatable bonds is 4. The van der Waals surface area contributed by atoms with Crippen LogP contribution in [0.5, 0.6) is 0 Å². The lowest BCUT2D eigenvalue weighted by Gasteiger charge is -2.26. The minimum Gasteiger partial charge on any atom is -0.310 e. The van der Waals surface area contributed by atoms with E-state index in [2.05, 4.69) is 167 Å². The lowest BCUT2D eigenvalue weighted by atomic mass is 10.1. The molecule has 0 atom stereocenters. The van der Waals surface area contributed by atoms with E-state index in [-0.39, 0.29) is 0 Å². The SMILES string of the molecule is c1ccc(N(c2ccc3ccccc3c2)c2ccc3c(c2)sc2cc(-n4c5ccccc5c5ccccc54)ccc23)cc1. The largest absolute Gasteiger partial charge is 0.310 e. The molecule has 0 radical (unpaired) electrons. The Bertz CT molecular complexity index is 2410. The van der Waals surface area contributed by atoms with E-state index in [0.29, 0.717) is 0 Å². The third kappa shape index (κ3) is 3.86. The Morgan fingerprint density at radius 3 is 1.74 bits per heavy atom. The number of hydrogen-bond acceptors (Lipinski definition) is 2. The minimum absolute atomic E-state index is 1.15. The first-order valence-corrected chi connectivity index (χ1v) is 15.4. The number of aromatic nitrogens is 1. The van der Waals surface area contributed by atoms with E-state index in [4.69, 9.17) is 0 Å². The topological polar surface area (TPSA) is 8.17 Å². The Labute approximate surface area is 253 Å². The maximum absolute atomic E-state index is 2.40. The van der Waals surface area contributed by atoms with Crippen LogP contribution >= 0.6 is 11.3 Å². The predicted molar refractivity (Wildman–Crippen MR) is 186 cm³/mol. The van der Waals surface area contributed by atoms with Crippen LogP contribution in [0.2, 0.25) is 0 Å². The van der Waals surface area contributed by atoms with Crippen LogP contribution in [0.4, 0.5) is 17.1 Å². The zero-order chi connectivity index (χ0) is 28.3. The summed E-state index contributed by atoms with van der Waals surface area (Å²) in [5.74, 6) is 0. The standard InChI is InChI=1S/C40H26N2S/c1-2-12-29(13-3-1)41(30-19-18-27-10-4-5-11-28(27)24-30)31-20-22-35-36-23-21-32(26-40(36)43-39(35)25-31)42-37-16-8-6-14-33(37)34-15-7-9-17-38(34)42/h1-26H. The first kappa shape index (κ1) is 24.2. The Morgan fingerprint density at radius 2 is 0.977 bits per heavy atom. The zero-order valence-electron chi connectivity index (χ0n) is 23.3. The van der Waals surface area contributed by atoms with Crippen molar-refractivity contribution in [3.63, 3.8) is 0 Å². The molecule has 0 spiro atoms. The lowest BCUT2D eigenvalue weighted by Crippen LogP contribution is -2.09. The van der Waals surface area contributed by atoms with E-state index in [1.165, 1.54) is 58.4 Å². The second kappa shape index (κ2) is 9.59. The van der Waals surface area contributed by atoms with Crippen molar-refractivity contribution in [1.29, 1.82) is 0 Å². The van der Waals surface area contributed by atoms with Crippen LogP contribution in [0.1, 0.15) is 0 Å². The average molecular weight is 567 g/mol. The Hall–Kier alpha value is -5.38. The van der Waals surface area contributed by atoms with Gasteiger partial charge in [0, 0.05) is 53.7 Å². The van der Waals surface area contributed by atoms with Gasteiger partial charge in [-0.2, -0.15) is 0 Å². The molecule has 7 aromatic carbocycles. The van der Waals surface area contributed by atoms with Crippen LogP contribution in [-0.2, 0) is 0 Å². The second-order valence-electron chi connectivity index (χ2n) is 11.0. The van der Waals surface area contributed by atoms with Gasteiger partial charge in [0.05, 0.1) is 11.0 Å². The van der Waals surface area contributed by atoms with E-state index < -0.39 is 0 Å². The van der Waals surface area contributed by atoms with Crippen molar-refractivity contribution >= 4 is 81.1 Å². The summed E-state index contributed by atoms with van der Waals surface area (Å²) in [5.41, 5.74) is 7.12. The summed E-state index contributed by atoms with van der Waals surface area (Å²) in [5, 5.41) is 7.65. The van der Waals surface area contributed by atoms with Gasteiger partial charge in [0.15, 0.2) is 0 Å². The summed E-state index contributed by atoms with van der Waals surface area (Å²) >= 11 is 1.87. The zero-order valence-corrected chi connectivity index (χ0v) is 24.1. The van der Waals surface area contributed by atoms with E-state index in [0.717, 1.165) is 17.1 Å². The van der Waals surface area contributed by atoms with Crippen LogP contribution in [0.3, 0.4) is 0 Å². The van der Waals surface area contributed by atoms with Crippen LogP contribution in [0.25, 0.3) is 58.4 Å². The Kier molecular flexibility index (Phi) is 5.40. The van der Waals surface area contributed by atoms with E-state index in [1.807, 2.05) is 11.3 Å². The van der Waals surface area contributed by atoms with Gasteiger partial charge in [-0.15, -0.1) is 11.3 Å². The number of benzene rings is 7. The molecule has 9 rings (SSSR count). The first-order valence-electron chi connectivity index (χ1n) is 14.6. The van der Waals surface area contributed by atoms with Crippen molar-refractivity contribution in [3.05, 3.63) is 158 Å². The molecule has 0 aliphatic heterocycles. The molecule has 0 fully saturated rings. The Balaban J connectivity index is 1.21. The van der Waals surface area contributed by atoms with Crippen LogP contribution in [0, 0.1) is 0 Å². The van der Waals surface area contributed by atoms with Crippen LogP contribution < -0.4 is 4.90 Å². The van der Waals surface area contributed by atoms with Gasteiger partial charge in [0.1, 0.15) is 0 Å². The van der Waals surface area contributed by atoms with Crippen molar-refractivity contribution in [2.75, 3.05) is 4.90 Å². The van der Waals surface area contributed by atoms with Gasteiger partial charge in [-0.25, -0.2) is 0 Å². The average Bonchev–Trinajstić information content (AvgIpc) is 3.60. The van der Waals surface area contributed by atoms with Crippen molar-refractivity contribution in [2.45, 2.75) is 0 Å². The van der Waals surface area contributed by atoms with Crippen molar-refractivity contribution in [2.24, 2.45) is 0 Å². The monoisotopic (exact) mass is 566 g/mol. The fourth-order valence-electron chi connectivity index (χ4n) is 6.57. The molecule has 3 heteroatoms. The Morgan fingerprint density at radius 1 is 0.395 bits per heavy atom. The molecule has 0 N–H and O–H groups in total. The van der Waals surface area contributed by atoms with E-state index in [9.17, 15) is 0 Å². The third-order valence-electron chi connectivity index (χ3n) is 8.54. The summed E-state index contributed by atoms with van der Waals surface area (Å²) in [6.07, 6.45) is 0. The summed E-state index contributed by atoms with van der Waals surface area (Å²) in [6, 6.07) is 57.2. The van der Waals surface area contributed by atoms with E-state index in [1.54, 1.807) is 0 Å². The van der Waals surface area contributed by atoms with Gasteiger partial charge in [-0.05, 0) is 71.4 Å². The van der Waals surface area contributed by atoms with Crippen LogP contribution in [0.15, 0.2) is 158 Å². The van der Waals surface area contributed by atoms with Gasteiger partial charge in [-0.3, -0.25) is 0 Å². The number of thiophene rings is 1. The molecular weight excluding hydrogens is 541 g/mol. The number of para-hydroxylation sites is 3. The predicted octanol–water partition coefficient (Wildman–Crippen LogP) is 11.8. The van der Waals surface area contributed by atoms with Crippen molar-refractivity contribution in [1.82, 2.24) is 4.57 Å². The van der Waals surface area contributed by atoms with Gasteiger partial charge >= 0.3 is 0 Å². The maximum atomic E-state index is 2.40. The maximum Gasteiger partial charge on any atom is 0.0541 e. The summed E-state index contributed by atoms with van der Waals surface area (Å²) < 4.78 is 4.98. The van der Waals surface area contributed by atoms with Gasteiger partial charge in [0.2, 0.25) is 0 Å². The second-order valence-corrected chi connectivity index (χ2v) is 12.1. The smallest absolute Gasteiger partial charge is 0.0541 e. The van der Waals surface area contributed by atoms with Crippen molar-refractivity contribution in [3.8, 4) is 5.69 Å². The highest BCUT2D eigenvalue weighted by molar-refractivity contribution is 7.25. The quantitative estimate of drug-likeness (QED) is 0.206. The normalized spacial score (nSPS) is 11.7. The molecule has 0 unspecified atom stereocenters. The highest BCUT2D eigenvalue weighted by Gasteiger charge is 2.16. The number of anilines is 3. The fourth-order valence-corrected chi connectivity index (χ4v) is 7.75. The van der Waals surface area contributed by atoms with Crippen molar-refractivity contribution < 1.29 is 0 Å². The molecule has 2 nitrogen and oxygen atoms in total. The highest BCUT2D eigenvalue weighted by atomic mass is 32.1. The first-order chi connectivity index (χ1) is 21.3. The number of hydrogen-bond donors (Lipinski definition) is 0. The molecule has 2 heterocycles. The van der Waals surface area contributed by atoms with Gasteiger partial charge < -0.3 is 9.47 Å². The molecule has 9 aromatic rings. The molecule has 202 valence electrons. The van der Waals surface area contributed by atoms with Gasteiger partial charge in [0.25, 0.3) is 0 Å². The molecule has 0 aliphatic rings. The molecule has 0 aliphatic carbocycles. The third-order valence-corrected chi connectivity index (χ3v) is 9.66. The fraction of sp³-hybridized carbons (Fsp3) is 0. The molecular formula is C40H26N2S. The summed E-state index contributed by atoms with van der Waals surface area (Å²) in [4.78, 5) is 2.36. The van der Waals surface area contributed by atoms with Gasteiger partial charge in [-0.1, -0.05) is 97.1 Å². The highest BCUT2D eigenvalue weighted by Crippen LogP contribution is 2.42. The summed E-state index contributed by atoms with van der Waals surface area (Å²) in [6.45, 7) is 0. The molecule has 0 saturated heterocycles. The molecule has 0 bridgehead atoms. The lowest BCUT2D eigenvalue weighted by molar-refractivity contribution is 1.19. The molecule has 2 aromatic heterocycles.